The second kappa shape index (κ2) is 55.5. The van der Waals surface area contributed by atoms with E-state index in [2.05, 4.69) is 57.2 Å². The van der Waals surface area contributed by atoms with E-state index in [0.29, 0.717) is 19.3 Å². The molecule has 460 valence electrons. The molecule has 0 aliphatic carbocycles. The van der Waals surface area contributed by atoms with Crippen molar-refractivity contribution in [3.8, 4) is 0 Å². The lowest BCUT2D eigenvalue weighted by Gasteiger charge is -2.40. The molecule has 0 aromatic rings. The number of hydrogen-bond acceptors (Lipinski definition) is 11. The summed E-state index contributed by atoms with van der Waals surface area (Å²) in [5, 5.41) is 31.6. The number of hydrogen-bond donors (Lipinski definition) is 3. The molecule has 6 atom stereocenters. The van der Waals surface area contributed by atoms with Gasteiger partial charge in [-0.25, -0.2) is 4.79 Å². The van der Waals surface area contributed by atoms with Gasteiger partial charge < -0.3 is 39.0 Å². The van der Waals surface area contributed by atoms with E-state index in [4.69, 9.17) is 23.7 Å². The van der Waals surface area contributed by atoms with Crippen LogP contribution in [0.3, 0.4) is 0 Å². The van der Waals surface area contributed by atoms with Gasteiger partial charge in [0.1, 0.15) is 18.8 Å². The highest BCUT2D eigenvalue weighted by atomic mass is 16.7. The Hall–Kier alpha value is -3.06. The maximum atomic E-state index is 13.2. The minimum Gasteiger partial charge on any atom is -0.479 e. The molecule has 1 aliphatic heterocycles. The van der Waals surface area contributed by atoms with Crippen molar-refractivity contribution in [2.45, 2.75) is 353 Å². The largest absolute Gasteiger partial charge is 0.479 e. The summed E-state index contributed by atoms with van der Waals surface area (Å²) < 4.78 is 28.5. The van der Waals surface area contributed by atoms with Gasteiger partial charge in [0.25, 0.3) is 0 Å². The number of aliphatic carboxylic acids is 1. The minimum atomic E-state index is -1.90. The summed E-state index contributed by atoms with van der Waals surface area (Å²) in [5.41, 5.74) is 0. The first-order chi connectivity index (χ1) is 38.6. The van der Waals surface area contributed by atoms with Crippen LogP contribution in [0.5, 0.6) is 0 Å². The summed E-state index contributed by atoms with van der Waals surface area (Å²) in [4.78, 5) is 51.3. The molecule has 1 saturated heterocycles. The molecule has 12 heteroatoms. The maximum absolute atomic E-state index is 13.2. The number of carboxylic acids is 1. The lowest BCUT2D eigenvalue weighted by atomic mass is 9.98. The third-order valence-electron chi connectivity index (χ3n) is 15.2. The molecule has 1 heterocycles. The summed E-state index contributed by atoms with van der Waals surface area (Å²) in [7, 11) is 0. The smallest absolute Gasteiger partial charge is 0.335 e. The molecular weight excluding hydrogens is 997 g/mol. The van der Waals surface area contributed by atoms with Crippen LogP contribution in [-0.4, -0.2) is 89.2 Å². The summed E-state index contributed by atoms with van der Waals surface area (Å²) >= 11 is 0. The van der Waals surface area contributed by atoms with E-state index in [1.807, 2.05) is 0 Å². The Balaban J connectivity index is 2.63. The molecule has 0 radical (unpaired) electrons. The quantitative estimate of drug-likeness (QED) is 0.0228. The van der Waals surface area contributed by atoms with Crippen molar-refractivity contribution < 1.29 is 58.2 Å². The van der Waals surface area contributed by atoms with Crippen molar-refractivity contribution in [1.82, 2.24) is 0 Å². The van der Waals surface area contributed by atoms with Gasteiger partial charge in [0.05, 0.1) is 6.61 Å². The first-order valence-corrected chi connectivity index (χ1v) is 33.0. The van der Waals surface area contributed by atoms with Crippen LogP contribution in [0.4, 0.5) is 0 Å². The van der Waals surface area contributed by atoms with Crippen LogP contribution in [0, 0.1) is 0 Å². The monoisotopic (exact) mass is 1120 g/mol. The fourth-order valence-electron chi connectivity index (χ4n) is 10.1. The maximum Gasteiger partial charge on any atom is 0.335 e. The zero-order valence-electron chi connectivity index (χ0n) is 50.9. The van der Waals surface area contributed by atoms with Crippen molar-refractivity contribution in [2.24, 2.45) is 0 Å². The summed E-state index contributed by atoms with van der Waals surface area (Å²) in [6.07, 6.45) is 53.8. The van der Waals surface area contributed by atoms with Crippen LogP contribution < -0.4 is 0 Å². The van der Waals surface area contributed by atoms with E-state index < -0.39 is 67.3 Å². The van der Waals surface area contributed by atoms with Gasteiger partial charge in [-0.15, -0.1) is 0 Å². The van der Waals surface area contributed by atoms with Crippen LogP contribution in [0.2, 0.25) is 0 Å². The van der Waals surface area contributed by atoms with E-state index >= 15 is 0 Å². The molecule has 6 unspecified atom stereocenters. The van der Waals surface area contributed by atoms with Gasteiger partial charge in [-0.3, -0.25) is 14.4 Å². The minimum absolute atomic E-state index is 0.0612. The molecule has 0 aromatic heterocycles. The molecule has 0 amide bonds. The molecule has 1 aliphatic rings. The third-order valence-corrected chi connectivity index (χ3v) is 15.2. The summed E-state index contributed by atoms with van der Waals surface area (Å²) in [6.45, 7) is 6.00. The number of rotatable bonds is 57. The van der Waals surface area contributed by atoms with Gasteiger partial charge in [-0.1, -0.05) is 256 Å². The average molecular weight is 1120 g/mol. The SMILES string of the molecule is CCCCC/C=C\C/C=C\CCCCCCCCCC(=O)OCC(COC1OC(C(=O)O)C(O)C(O)C1OC(=O)CCCCCCCCCCC/C=C\CCCCCCCC)OC(=O)CCCCCCCCCCCCCCC. The predicted molar refractivity (Wildman–Crippen MR) is 322 cm³/mol. The van der Waals surface area contributed by atoms with Gasteiger partial charge in [0.2, 0.25) is 0 Å². The topological polar surface area (TPSA) is 175 Å². The predicted octanol–water partition coefficient (Wildman–Crippen LogP) is 17.6. The third kappa shape index (κ3) is 45.2. The van der Waals surface area contributed by atoms with Crippen molar-refractivity contribution in [3.05, 3.63) is 36.5 Å². The number of unbranched alkanes of at least 4 members (excludes halogenated alkanes) is 37. The lowest BCUT2D eigenvalue weighted by Crippen LogP contribution is -2.61. The number of ether oxygens (including phenoxy) is 5. The van der Waals surface area contributed by atoms with Crippen LogP contribution in [0.1, 0.15) is 316 Å². The number of carbonyl (C=O) groups is 4. The number of aliphatic hydroxyl groups is 2. The highest BCUT2D eigenvalue weighted by Crippen LogP contribution is 2.27. The molecular formula is C67H120O12. The van der Waals surface area contributed by atoms with Gasteiger partial charge >= 0.3 is 23.9 Å². The van der Waals surface area contributed by atoms with Crippen molar-refractivity contribution in [3.63, 3.8) is 0 Å². The van der Waals surface area contributed by atoms with E-state index in [0.717, 1.165) is 89.9 Å². The molecule has 1 fully saturated rings. The van der Waals surface area contributed by atoms with E-state index in [1.165, 1.54) is 167 Å². The zero-order chi connectivity index (χ0) is 57.5. The first kappa shape index (κ1) is 74.0. The first-order valence-electron chi connectivity index (χ1n) is 33.0. The Morgan fingerprint density at radius 2 is 0.759 bits per heavy atom. The Morgan fingerprint density at radius 3 is 1.18 bits per heavy atom. The Labute approximate surface area is 482 Å². The summed E-state index contributed by atoms with van der Waals surface area (Å²) in [5.74, 6) is -3.10. The molecule has 1 rings (SSSR count). The highest BCUT2D eigenvalue weighted by Gasteiger charge is 2.50. The number of esters is 3. The van der Waals surface area contributed by atoms with E-state index in [9.17, 15) is 34.5 Å². The van der Waals surface area contributed by atoms with Crippen LogP contribution >= 0.6 is 0 Å². The standard InChI is InChI=1S/C67H120O12/c1-4-7-10-13-16-19-22-25-27-29-30-32-34-37-40-43-46-49-52-55-61(70)78-65-63(72)62(71)64(66(73)74)79-67(65)76-57-58(77-60(69)54-51-48-45-42-39-35-24-21-18-15-12-9-6-3)56-75-59(68)53-50-47-44-41-38-36-33-31-28-26-23-20-17-14-11-8-5-2/h17,20,25-28,58,62-65,67,71-72H,4-16,18-19,21-24,29-57H2,1-3H3,(H,73,74)/b20-17-,27-25-,28-26-. The number of allylic oxidation sites excluding steroid dienone is 6. The zero-order valence-corrected chi connectivity index (χ0v) is 50.9. The van der Waals surface area contributed by atoms with Crippen molar-refractivity contribution >= 4 is 23.9 Å². The number of carbonyl (C=O) groups excluding carboxylic acids is 3. The normalized spacial score (nSPS) is 18.0. The van der Waals surface area contributed by atoms with E-state index in [1.54, 1.807) is 0 Å². The molecule has 0 bridgehead atoms. The van der Waals surface area contributed by atoms with Crippen LogP contribution in [-0.2, 0) is 42.9 Å². The molecule has 12 nitrogen and oxygen atoms in total. The van der Waals surface area contributed by atoms with Crippen molar-refractivity contribution in [1.29, 1.82) is 0 Å². The number of carboxylic acid groups (broad SMARTS) is 1. The molecule has 0 spiro atoms. The molecule has 0 saturated carbocycles. The molecule has 79 heavy (non-hydrogen) atoms. The van der Waals surface area contributed by atoms with Gasteiger partial charge in [0.15, 0.2) is 24.6 Å². The lowest BCUT2D eigenvalue weighted by molar-refractivity contribution is -0.301. The fraction of sp³-hybridized carbons (Fsp3) is 0.851. The summed E-state index contributed by atoms with van der Waals surface area (Å²) in [6, 6.07) is 0. The van der Waals surface area contributed by atoms with Crippen molar-refractivity contribution in [2.75, 3.05) is 13.2 Å². The number of aliphatic hydroxyl groups excluding tert-OH is 2. The second-order valence-electron chi connectivity index (χ2n) is 22.8. The molecule has 0 aromatic carbocycles. The van der Waals surface area contributed by atoms with E-state index in [-0.39, 0.29) is 25.9 Å². The molecule has 3 N–H and O–H groups in total. The second-order valence-corrected chi connectivity index (χ2v) is 22.8. The van der Waals surface area contributed by atoms with Gasteiger partial charge in [-0.05, 0) is 77.0 Å². The van der Waals surface area contributed by atoms with Gasteiger partial charge in [-0.2, -0.15) is 0 Å². The Kier molecular flexibility index (Phi) is 51.9. The fourth-order valence-corrected chi connectivity index (χ4v) is 10.1. The van der Waals surface area contributed by atoms with Gasteiger partial charge in [0, 0.05) is 19.3 Å². The Morgan fingerprint density at radius 1 is 0.418 bits per heavy atom. The highest BCUT2D eigenvalue weighted by molar-refractivity contribution is 5.74. The average Bonchev–Trinajstić information content (AvgIpc) is 3.47. The van der Waals surface area contributed by atoms with Crippen LogP contribution in [0.25, 0.3) is 0 Å². The Bertz CT molecular complexity index is 1510. The van der Waals surface area contributed by atoms with Crippen LogP contribution in [0.15, 0.2) is 36.5 Å².